The van der Waals surface area contributed by atoms with E-state index in [2.05, 4.69) is 10.6 Å². The lowest BCUT2D eigenvalue weighted by atomic mass is 9.72. The Morgan fingerprint density at radius 3 is 2.42 bits per heavy atom. The molecule has 6 heteroatoms. The van der Waals surface area contributed by atoms with Crippen LogP contribution in [0.4, 0.5) is 4.39 Å². The lowest BCUT2D eigenvalue weighted by Crippen LogP contribution is -2.54. The third kappa shape index (κ3) is 5.57. The highest BCUT2D eigenvalue weighted by atomic mass is 19.1. The monoisotopic (exact) mass is 462 g/mol. The number of hydrogen-bond acceptors (Lipinski definition) is 4. The second-order valence-electron chi connectivity index (χ2n) is 11.8. The minimum absolute atomic E-state index is 0.00613. The molecule has 5 aliphatic rings. The lowest BCUT2D eigenvalue weighted by Gasteiger charge is -2.42. The van der Waals surface area contributed by atoms with Crippen molar-refractivity contribution in [2.75, 3.05) is 19.7 Å². The van der Waals surface area contributed by atoms with E-state index in [0.29, 0.717) is 30.3 Å². The summed E-state index contributed by atoms with van der Waals surface area (Å²) < 4.78 is 20.8. The molecule has 4 saturated carbocycles. The number of piperidine rings is 1. The second-order valence-corrected chi connectivity index (χ2v) is 11.8. The normalized spacial score (nSPS) is 41.6. The number of rotatable bonds is 6. The first-order valence-electron chi connectivity index (χ1n) is 13.9. The van der Waals surface area contributed by atoms with Crippen LogP contribution in [0.5, 0.6) is 0 Å². The minimum atomic E-state index is -0.901. The van der Waals surface area contributed by atoms with E-state index in [-0.39, 0.29) is 35.7 Å². The molecule has 0 radical (unpaired) electrons. The van der Waals surface area contributed by atoms with Crippen LogP contribution in [-0.4, -0.2) is 43.8 Å². The highest BCUT2D eigenvalue weighted by Crippen LogP contribution is 2.50. The number of alkyl halides is 1. The van der Waals surface area contributed by atoms with Crippen LogP contribution in [0.1, 0.15) is 83.5 Å². The van der Waals surface area contributed by atoms with E-state index < -0.39 is 6.17 Å². The summed E-state index contributed by atoms with van der Waals surface area (Å²) in [5, 5.41) is 6.48. The van der Waals surface area contributed by atoms with Crippen LogP contribution in [0.15, 0.2) is 0 Å². The molecule has 1 saturated heterocycles. The number of hydrogen-bond donors (Lipinski definition) is 2. The molecule has 1 aliphatic heterocycles. The number of esters is 1. The molecule has 33 heavy (non-hydrogen) atoms. The van der Waals surface area contributed by atoms with Crippen molar-refractivity contribution in [3.05, 3.63) is 0 Å². The van der Waals surface area contributed by atoms with Crippen LogP contribution in [0.25, 0.3) is 0 Å². The van der Waals surface area contributed by atoms with Crippen LogP contribution in [0.2, 0.25) is 0 Å². The van der Waals surface area contributed by atoms with Crippen molar-refractivity contribution in [1.82, 2.24) is 10.6 Å². The average molecular weight is 463 g/mol. The molecule has 2 N–H and O–H groups in total. The summed E-state index contributed by atoms with van der Waals surface area (Å²) in [6.07, 6.45) is 12.8. The van der Waals surface area contributed by atoms with E-state index >= 15 is 4.39 Å². The van der Waals surface area contributed by atoms with Gasteiger partial charge in [0.1, 0.15) is 6.17 Å². The van der Waals surface area contributed by atoms with Gasteiger partial charge < -0.3 is 15.4 Å². The van der Waals surface area contributed by atoms with Crippen LogP contribution in [-0.2, 0) is 14.3 Å². The van der Waals surface area contributed by atoms with E-state index in [1.54, 1.807) is 0 Å². The molecule has 5 nitrogen and oxygen atoms in total. The van der Waals surface area contributed by atoms with Crippen LogP contribution in [0.3, 0.4) is 0 Å². The van der Waals surface area contributed by atoms with E-state index in [1.807, 2.05) is 0 Å². The number of carbonyl (C=O) groups is 2. The molecular formula is C27H43FN2O3. The fourth-order valence-corrected chi connectivity index (χ4v) is 7.46. The maximum absolute atomic E-state index is 15.1. The molecule has 0 aromatic heterocycles. The molecule has 6 atom stereocenters. The van der Waals surface area contributed by atoms with Crippen LogP contribution < -0.4 is 10.6 Å². The summed E-state index contributed by atoms with van der Waals surface area (Å²) >= 11 is 0. The number of fused-ring (bicyclic) bond motifs is 1. The molecular weight excluding hydrogens is 419 g/mol. The zero-order chi connectivity index (χ0) is 22.8. The molecule has 0 spiro atoms. The zero-order valence-corrected chi connectivity index (χ0v) is 20.1. The second kappa shape index (κ2) is 10.6. The third-order valence-corrected chi connectivity index (χ3v) is 9.71. The Labute approximate surface area is 198 Å². The Bertz CT molecular complexity index is 689. The lowest BCUT2D eigenvalue weighted by molar-refractivity contribution is -0.151. The van der Waals surface area contributed by atoms with Crippen molar-refractivity contribution in [1.29, 1.82) is 0 Å². The Balaban J connectivity index is 1.02. The van der Waals surface area contributed by atoms with Gasteiger partial charge in [-0.15, -0.1) is 0 Å². The molecule has 0 aromatic carbocycles. The van der Waals surface area contributed by atoms with E-state index in [1.165, 1.54) is 32.1 Å². The molecule has 0 bridgehead atoms. The van der Waals surface area contributed by atoms with Crippen molar-refractivity contribution < 1.29 is 18.7 Å². The topological polar surface area (TPSA) is 67.4 Å². The molecule has 1 heterocycles. The first-order valence-corrected chi connectivity index (χ1v) is 13.9. The standard InChI is InChI=1S/C27H43FN2O3/c28-25-21-12-13-29-15-20(21)10-11-24(25)30-26(31)23-14-22(23)18-6-8-19(9-7-18)27(32)33-16-17-4-2-1-3-5-17/h17-25,29H,1-16H2,(H,30,31)/t18?,19?,20?,21?,22-,23+,24?,25?/m0/s1. The molecule has 5 fully saturated rings. The largest absolute Gasteiger partial charge is 0.465 e. The fraction of sp³-hybridized carbons (Fsp3) is 0.926. The van der Waals surface area contributed by atoms with Gasteiger partial charge in [-0.3, -0.25) is 9.59 Å². The van der Waals surface area contributed by atoms with Gasteiger partial charge in [0.05, 0.1) is 18.6 Å². The molecule has 5 rings (SSSR count). The average Bonchev–Trinajstić information content (AvgIpc) is 3.66. The first kappa shape index (κ1) is 23.6. The van der Waals surface area contributed by atoms with Gasteiger partial charge in [0.15, 0.2) is 0 Å². The number of nitrogens with one attached hydrogen (secondary N) is 2. The van der Waals surface area contributed by atoms with Gasteiger partial charge >= 0.3 is 5.97 Å². The summed E-state index contributed by atoms with van der Waals surface area (Å²) in [7, 11) is 0. The minimum Gasteiger partial charge on any atom is -0.465 e. The Morgan fingerprint density at radius 1 is 0.879 bits per heavy atom. The smallest absolute Gasteiger partial charge is 0.308 e. The van der Waals surface area contributed by atoms with E-state index in [9.17, 15) is 9.59 Å². The molecule has 0 aromatic rings. The predicted octanol–water partition coefficient (Wildman–Crippen LogP) is 4.39. The van der Waals surface area contributed by atoms with Crippen molar-refractivity contribution in [3.63, 3.8) is 0 Å². The highest BCUT2D eigenvalue weighted by molar-refractivity contribution is 5.82. The summed E-state index contributed by atoms with van der Waals surface area (Å²) in [6.45, 7) is 2.43. The third-order valence-electron chi connectivity index (χ3n) is 9.71. The van der Waals surface area contributed by atoms with Crippen molar-refractivity contribution >= 4 is 11.9 Å². The van der Waals surface area contributed by atoms with Gasteiger partial charge in [0.2, 0.25) is 5.91 Å². The number of amides is 1. The van der Waals surface area contributed by atoms with Crippen molar-refractivity contribution in [3.8, 4) is 0 Å². The molecule has 186 valence electrons. The number of ether oxygens (including phenoxy) is 1. The van der Waals surface area contributed by atoms with Gasteiger partial charge in [0.25, 0.3) is 0 Å². The van der Waals surface area contributed by atoms with Crippen LogP contribution >= 0.6 is 0 Å². The SMILES string of the molecule is O=C(OCC1CCCCC1)C1CCC([C@@H]2C[C@H]2C(=O)NC2CCC3CNCCC3C2F)CC1. The van der Waals surface area contributed by atoms with Gasteiger partial charge in [-0.1, -0.05) is 19.3 Å². The van der Waals surface area contributed by atoms with Crippen molar-refractivity contribution in [2.45, 2.75) is 95.7 Å². The van der Waals surface area contributed by atoms with Crippen molar-refractivity contribution in [2.24, 2.45) is 41.4 Å². The Morgan fingerprint density at radius 2 is 1.64 bits per heavy atom. The van der Waals surface area contributed by atoms with E-state index in [4.69, 9.17) is 4.74 Å². The zero-order valence-electron chi connectivity index (χ0n) is 20.1. The summed E-state index contributed by atoms with van der Waals surface area (Å²) in [5.74, 6) is 2.25. The predicted molar refractivity (Wildman–Crippen MR) is 125 cm³/mol. The number of halogens is 1. The first-order chi connectivity index (χ1) is 16.1. The summed E-state index contributed by atoms with van der Waals surface area (Å²) in [5.41, 5.74) is 0. The quantitative estimate of drug-likeness (QED) is 0.575. The maximum atomic E-state index is 15.1. The Hall–Kier alpha value is -1.17. The molecule has 4 unspecified atom stereocenters. The van der Waals surface area contributed by atoms with Gasteiger partial charge in [-0.25, -0.2) is 4.39 Å². The van der Waals surface area contributed by atoms with Gasteiger partial charge in [-0.2, -0.15) is 0 Å². The highest BCUT2D eigenvalue weighted by Gasteiger charge is 2.50. The number of carbonyl (C=O) groups excluding carboxylic acids is 2. The van der Waals surface area contributed by atoms with Gasteiger partial charge in [0, 0.05) is 5.92 Å². The summed E-state index contributed by atoms with van der Waals surface area (Å²) in [4.78, 5) is 25.4. The molecule has 4 aliphatic carbocycles. The van der Waals surface area contributed by atoms with Crippen LogP contribution in [0, 0.1) is 41.4 Å². The van der Waals surface area contributed by atoms with Gasteiger partial charge in [-0.05, 0) is 107 Å². The Kier molecular flexibility index (Phi) is 7.58. The van der Waals surface area contributed by atoms with E-state index in [0.717, 1.165) is 64.5 Å². The molecule has 1 amide bonds. The maximum Gasteiger partial charge on any atom is 0.308 e. The summed E-state index contributed by atoms with van der Waals surface area (Å²) in [6, 6.07) is -0.298. The fourth-order valence-electron chi connectivity index (χ4n) is 7.46.